The Morgan fingerprint density at radius 1 is 1.14 bits per heavy atom. The second kappa shape index (κ2) is 5.62. The summed E-state index contributed by atoms with van der Waals surface area (Å²) in [5.41, 5.74) is 10.6. The van der Waals surface area contributed by atoms with Gasteiger partial charge in [-0.25, -0.2) is 0 Å². The van der Waals surface area contributed by atoms with Crippen molar-refractivity contribution in [1.29, 1.82) is 0 Å². The summed E-state index contributed by atoms with van der Waals surface area (Å²) in [5.74, 6) is 0.828. The Labute approximate surface area is 129 Å². The summed E-state index contributed by atoms with van der Waals surface area (Å²) in [6.07, 6.45) is 2.73. The van der Waals surface area contributed by atoms with Crippen molar-refractivity contribution >= 4 is 5.69 Å². The van der Waals surface area contributed by atoms with Crippen LogP contribution in [0.4, 0.5) is 5.69 Å². The van der Waals surface area contributed by atoms with Crippen LogP contribution in [0.1, 0.15) is 30.9 Å². The van der Waals surface area contributed by atoms with Gasteiger partial charge in [-0.15, -0.1) is 0 Å². The first-order chi connectivity index (χ1) is 10.1. The number of benzene rings is 1. The topological polar surface area (TPSA) is 32.5 Å². The quantitative estimate of drug-likeness (QED) is 0.924. The zero-order valence-electron chi connectivity index (χ0n) is 13.7. The first-order valence-corrected chi connectivity index (χ1v) is 8.32. The van der Waals surface area contributed by atoms with E-state index in [0.717, 1.165) is 38.6 Å². The van der Waals surface area contributed by atoms with Crippen LogP contribution in [-0.4, -0.2) is 43.2 Å². The predicted molar refractivity (Wildman–Crippen MR) is 89.9 cm³/mol. The smallest absolute Gasteiger partial charge is 0.0399 e. The number of piperazine rings is 1. The van der Waals surface area contributed by atoms with Crippen LogP contribution < -0.4 is 10.6 Å². The molecule has 0 amide bonds. The summed E-state index contributed by atoms with van der Waals surface area (Å²) in [6, 6.07) is 6.65. The second-order valence-electron chi connectivity index (χ2n) is 7.03. The van der Waals surface area contributed by atoms with Crippen molar-refractivity contribution in [2.75, 3.05) is 37.6 Å². The van der Waals surface area contributed by atoms with Crippen LogP contribution in [0.5, 0.6) is 0 Å². The van der Waals surface area contributed by atoms with Gasteiger partial charge in [0, 0.05) is 44.0 Å². The molecule has 0 aromatic heterocycles. The Hall–Kier alpha value is -1.06. The van der Waals surface area contributed by atoms with E-state index in [1.807, 2.05) is 0 Å². The maximum atomic E-state index is 6.11. The predicted octanol–water partition coefficient (Wildman–Crippen LogP) is 2.55. The highest BCUT2D eigenvalue weighted by molar-refractivity contribution is 5.56. The molecule has 0 radical (unpaired) electrons. The van der Waals surface area contributed by atoms with Crippen LogP contribution in [0.2, 0.25) is 0 Å². The normalized spacial score (nSPS) is 23.1. The van der Waals surface area contributed by atoms with Crippen LogP contribution in [-0.2, 0) is 0 Å². The van der Waals surface area contributed by atoms with E-state index >= 15 is 0 Å². The van der Waals surface area contributed by atoms with E-state index in [4.69, 9.17) is 5.73 Å². The van der Waals surface area contributed by atoms with E-state index in [1.54, 1.807) is 0 Å². The molecule has 3 rings (SSSR count). The van der Waals surface area contributed by atoms with Crippen molar-refractivity contribution in [3.63, 3.8) is 0 Å². The lowest BCUT2D eigenvalue weighted by Crippen LogP contribution is -2.60. The maximum Gasteiger partial charge on any atom is 0.0399 e. The molecule has 0 spiro atoms. The van der Waals surface area contributed by atoms with Gasteiger partial charge in [0.15, 0.2) is 0 Å². The molecule has 1 saturated carbocycles. The number of nitrogens with zero attached hydrogens (tertiary/aromatic N) is 2. The first kappa shape index (κ1) is 14.9. The molecule has 1 atom stereocenters. The third-order valence-corrected chi connectivity index (χ3v) is 5.79. The minimum Gasteiger partial charge on any atom is -0.369 e. The van der Waals surface area contributed by atoms with E-state index in [9.17, 15) is 0 Å². The van der Waals surface area contributed by atoms with Gasteiger partial charge in [-0.1, -0.05) is 12.1 Å². The summed E-state index contributed by atoms with van der Waals surface area (Å²) < 4.78 is 0. The molecular formula is C18H29N3. The van der Waals surface area contributed by atoms with Crippen LogP contribution in [0, 0.1) is 19.8 Å². The lowest BCUT2D eigenvalue weighted by atomic mass is 9.92. The van der Waals surface area contributed by atoms with E-state index < -0.39 is 0 Å². The van der Waals surface area contributed by atoms with E-state index in [2.05, 4.69) is 48.8 Å². The van der Waals surface area contributed by atoms with E-state index in [0.29, 0.717) is 0 Å². The molecule has 1 saturated heterocycles. The van der Waals surface area contributed by atoms with Crippen molar-refractivity contribution in [2.24, 2.45) is 11.7 Å². The monoisotopic (exact) mass is 287 g/mol. The first-order valence-electron chi connectivity index (χ1n) is 8.32. The molecule has 2 aliphatic rings. The second-order valence-corrected chi connectivity index (χ2v) is 7.03. The molecule has 2 N–H and O–H groups in total. The molecule has 1 aromatic rings. The summed E-state index contributed by atoms with van der Waals surface area (Å²) in [5, 5.41) is 0. The summed E-state index contributed by atoms with van der Waals surface area (Å²) in [7, 11) is 0. The van der Waals surface area contributed by atoms with Crippen LogP contribution >= 0.6 is 0 Å². The molecule has 1 heterocycles. The van der Waals surface area contributed by atoms with Crippen molar-refractivity contribution in [1.82, 2.24) is 4.90 Å². The highest BCUT2D eigenvalue weighted by Gasteiger charge is 2.45. The van der Waals surface area contributed by atoms with Crippen LogP contribution in [0.15, 0.2) is 18.2 Å². The van der Waals surface area contributed by atoms with Gasteiger partial charge in [0.2, 0.25) is 0 Å². The molecule has 1 aliphatic carbocycles. The van der Waals surface area contributed by atoms with Crippen LogP contribution in [0.3, 0.4) is 0 Å². The van der Waals surface area contributed by atoms with Crippen LogP contribution in [0.25, 0.3) is 0 Å². The molecule has 1 aromatic carbocycles. The van der Waals surface area contributed by atoms with Crippen molar-refractivity contribution < 1.29 is 0 Å². The fraction of sp³-hybridized carbons (Fsp3) is 0.667. The third-order valence-electron chi connectivity index (χ3n) is 5.79. The Kier molecular flexibility index (Phi) is 3.98. The zero-order chi connectivity index (χ0) is 15.0. The largest absolute Gasteiger partial charge is 0.369 e. The molecule has 1 aliphatic heterocycles. The van der Waals surface area contributed by atoms with Gasteiger partial charge >= 0.3 is 0 Å². The zero-order valence-corrected chi connectivity index (χ0v) is 13.7. The maximum absolute atomic E-state index is 6.11. The molecule has 3 nitrogen and oxygen atoms in total. The summed E-state index contributed by atoms with van der Waals surface area (Å²) in [4.78, 5) is 5.19. The standard InChI is InChI=1S/C18H29N3/c1-14-5-4-6-17(15(14)2)20-9-11-21(12-10-20)18(3,13-19)16-7-8-16/h4-6,16H,7-13,19H2,1-3H3. The number of nitrogens with two attached hydrogens (primary N) is 1. The molecule has 1 unspecified atom stereocenters. The number of hydrogen-bond donors (Lipinski definition) is 1. The van der Waals surface area contributed by atoms with Gasteiger partial charge in [0.1, 0.15) is 0 Å². The van der Waals surface area contributed by atoms with E-state index in [1.165, 1.54) is 29.7 Å². The average molecular weight is 287 g/mol. The van der Waals surface area contributed by atoms with Crippen molar-refractivity contribution in [2.45, 2.75) is 39.2 Å². The minimum atomic E-state index is 0.230. The van der Waals surface area contributed by atoms with Crippen molar-refractivity contribution in [3.05, 3.63) is 29.3 Å². The molecule has 2 fully saturated rings. The Bertz CT molecular complexity index is 501. The Morgan fingerprint density at radius 2 is 1.81 bits per heavy atom. The fourth-order valence-corrected chi connectivity index (χ4v) is 3.80. The molecule has 0 bridgehead atoms. The van der Waals surface area contributed by atoms with Gasteiger partial charge in [0.25, 0.3) is 0 Å². The highest BCUT2D eigenvalue weighted by atomic mass is 15.3. The molecule has 21 heavy (non-hydrogen) atoms. The lowest BCUT2D eigenvalue weighted by Gasteiger charge is -2.46. The SMILES string of the molecule is Cc1cccc(N2CCN(C(C)(CN)C3CC3)CC2)c1C. The van der Waals surface area contributed by atoms with Gasteiger partial charge in [-0.05, 0) is 56.7 Å². The minimum absolute atomic E-state index is 0.230. The number of anilines is 1. The Balaban J connectivity index is 1.69. The molecule has 116 valence electrons. The number of hydrogen-bond acceptors (Lipinski definition) is 3. The molecular weight excluding hydrogens is 258 g/mol. The third kappa shape index (κ3) is 2.69. The fourth-order valence-electron chi connectivity index (χ4n) is 3.80. The average Bonchev–Trinajstić information content (AvgIpc) is 3.35. The summed E-state index contributed by atoms with van der Waals surface area (Å²) in [6.45, 7) is 12.1. The lowest BCUT2D eigenvalue weighted by molar-refractivity contribution is 0.0826. The number of rotatable bonds is 4. The van der Waals surface area contributed by atoms with Crippen molar-refractivity contribution in [3.8, 4) is 0 Å². The number of aryl methyl sites for hydroxylation is 1. The highest BCUT2D eigenvalue weighted by Crippen LogP contribution is 2.43. The van der Waals surface area contributed by atoms with E-state index in [-0.39, 0.29) is 5.54 Å². The Morgan fingerprint density at radius 3 is 2.38 bits per heavy atom. The van der Waals surface area contributed by atoms with Gasteiger partial charge in [-0.2, -0.15) is 0 Å². The van der Waals surface area contributed by atoms with Gasteiger partial charge in [0.05, 0.1) is 0 Å². The molecule has 3 heteroatoms. The van der Waals surface area contributed by atoms with Gasteiger partial charge in [-0.3, -0.25) is 4.90 Å². The summed E-state index contributed by atoms with van der Waals surface area (Å²) >= 11 is 0. The van der Waals surface area contributed by atoms with Gasteiger partial charge < -0.3 is 10.6 Å².